The van der Waals surface area contributed by atoms with Crippen LogP contribution in [-0.2, 0) is 5.41 Å². The summed E-state index contributed by atoms with van der Waals surface area (Å²) in [6.07, 6.45) is 0. The highest BCUT2D eigenvalue weighted by molar-refractivity contribution is 5.30. The van der Waals surface area contributed by atoms with Gasteiger partial charge in [-0.1, -0.05) is 32.9 Å². The molecule has 0 radical (unpaired) electrons. The molecule has 2 nitrogen and oxygen atoms in total. The molecule has 0 unspecified atom stereocenters. The Kier molecular flexibility index (Phi) is 3.17. The lowest BCUT2D eigenvalue weighted by Gasteiger charge is -2.19. The molecule has 0 spiro atoms. The van der Waals surface area contributed by atoms with E-state index in [1.165, 1.54) is 5.56 Å². The van der Waals surface area contributed by atoms with Gasteiger partial charge in [0.2, 0.25) is 0 Å². The molecule has 1 aromatic rings. The quantitative estimate of drug-likeness (QED) is 0.670. The van der Waals surface area contributed by atoms with Crippen molar-refractivity contribution in [3.8, 4) is 5.75 Å². The third kappa shape index (κ3) is 3.04. The van der Waals surface area contributed by atoms with Gasteiger partial charge in [0.25, 0.3) is 0 Å². The molecule has 0 aliphatic heterocycles. The average Bonchev–Trinajstić information content (AvgIpc) is 2.02. The molecule has 0 saturated heterocycles. The average molecular weight is 193 g/mol. The second-order valence-corrected chi connectivity index (χ2v) is 4.68. The van der Waals surface area contributed by atoms with Crippen LogP contribution in [0.15, 0.2) is 24.3 Å². The van der Waals surface area contributed by atoms with Gasteiger partial charge in [-0.2, -0.15) is 5.06 Å². The second kappa shape index (κ2) is 4.01. The SMILES string of the molecule is CN(C)Oc1ccc(C(C)(C)C)cc1. The summed E-state index contributed by atoms with van der Waals surface area (Å²) in [5, 5.41) is 1.69. The molecule has 0 bridgehead atoms. The van der Waals surface area contributed by atoms with Crippen LogP contribution in [0.5, 0.6) is 5.75 Å². The molecule has 0 aromatic heterocycles. The fourth-order valence-electron chi connectivity index (χ4n) is 1.23. The van der Waals surface area contributed by atoms with Gasteiger partial charge in [0.1, 0.15) is 5.75 Å². The normalized spacial score (nSPS) is 11.9. The standard InChI is InChI=1S/C12H19NO/c1-12(2,3)10-6-8-11(9-7-10)14-13(4)5/h6-9H,1-5H3. The zero-order valence-corrected chi connectivity index (χ0v) is 9.66. The molecule has 78 valence electrons. The highest BCUT2D eigenvalue weighted by atomic mass is 16.7. The Morgan fingerprint density at radius 2 is 1.50 bits per heavy atom. The fourth-order valence-corrected chi connectivity index (χ4v) is 1.23. The second-order valence-electron chi connectivity index (χ2n) is 4.68. The summed E-state index contributed by atoms with van der Waals surface area (Å²) in [6.45, 7) is 6.61. The summed E-state index contributed by atoms with van der Waals surface area (Å²) in [4.78, 5) is 5.42. The molecule has 0 aliphatic rings. The Bertz CT molecular complexity index is 282. The maximum atomic E-state index is 5.42. The van der Waals surface area contributed by atoms with E-state index < -0.39 is 0 Å². The van der Waals surface area contributed by atoms with Crippen molar-refractivity contribution in [1.29, 1.82) is 0 Å². The number of hydrogen-bond donors (Lipinski definition) is 0. The molecule has 0 fully saturated rings. The van der Waals surface area contributed by atoms with E-state index in [4.69, 9.17) is 4.84 Å². The molecule has 0 saturated carbocycles. The van der Waals surface area contributed by atoms with Gasteiger partial charge in [0.05, 0.1) is 0 Å². The van der Waals surface area contributed by atoms with Crippen molar-refractivity contribution in [2.75, 3.05) is 14.1 Å². The number of rotatable bonds is 2. The Morgan fingerprint density at radius 1 is 1.00 bits per heavy atom. The van der Waals surface area contributed by atoms with Crippen LogP contribution in [0.4, 0.5) is 0 Å². The number of hydroxylamine groups is 2. The van der Waals surface area contributed by atoms with Crippen molar-refractivity contribution in [1.82, 2.24) is 5.06 Å². The lowest BCUT2D eigenvalue weighted by molar-refractivity contribution is -0.00328. The van der Waals surface area contributed by atoms with Gasteiger partial charge in [0, 0.05) is 14.1 Å². The minimum Gasteiger partial charge on any atom is -0.407 e. The van der Waals surface area contributed by atoms with Gasteiger partial charge in [-0.15, -0.1) is 0 Å². The molecule has 2 heteroatoms. The topological polar surface area (TPSA) is 12.5 Å². The van der Waals surface area contributed by atoms with E-state index in [1.807, 2.05) is 26.2 Å². The van der Waals surface area contributed by atoms with Crippen LogP contribution < -0.4 is 4.84 Å². The number of hydrogen-bond acceptors (Lipinski definition) is 2. The zero-order valence-electron chi connectivity index (χ0n) is 9.66. The van der Waals surface area contributed by atoms with Crippen molar-refractivity contribution in [2.24, 2.45) is 0 Å². The van der Waals surface area contributed by atoms with Gasteiger partial charge in [-0.05, 0) is 23.1 Å². The molecule has 14 heavy (non-hydrogen) atoms. The third-order valence-electron chi connectivity index (χ3n) is 2.01. The summed E-state index contributed by atoms with van der Waals surface area (Å²) in [7, 11) is 3.75. The molecule has 0 heterocycles. The smallest absolute Gasteiger partial charge is 0.147 e. The minimum absolute atomic E-state index is 0.205. The minimum atomic E-state index is 0.205. The van der Waals surface area contributed by atoms with Crippen LogP contribution in [0.25, 0.3) is 0 Å². The first-order valence-corrected chi connectivity index (χ1v) is 4.85. The maximum absolute atomic E-state index is 5.42. The Morgan fingerprint density at radius 3 is 1.86 bits per heavy atom. The first-order valence-electron chi connectivity index (χ1n) is 4.85. The van der Waals surface area contributed by atoms with E-state index in [0.717, 1.165) is 5.75 Å². The van der Waals surface area contributed by atoms with Crippen molar-refractivity contribution < 1.29 is 4.84 Å². The molecule has 1 rings (SSSR count). The van der Waals surface area contributed by atoms with E-state index in [-0.39, 0.29) is 5.41 Å². The van der Waals surface area contributed by atoms with Crippen LogP contribution in [0, 0.1) is 0 Å². The first-order chi connectivity index (χ1) is 6.39. The lowest BCUT2D eigenvalue weighted by Crippen LogP contribution is -2.16. The predicted molar refractivity (Wildman–Crippen MR) is 59.5 cm³/mol. The van der Waals surface area contributed by atoms with Crippen LogP contribution in [0.2, 0.25) is 0 Å². The van der Waals surface area contributed by atoms with Crippen LogP contribution in [0.1, 0.15) is 26.3 Å². The molecular weight excluding hydrogens is 174 g/mol. The Hall–Kier alpha value is -1.02. The summed E-state index contributed by atoms with van der Waals surface area (Å²) in [6, 6.07) is 8.22. The molecular formula is C12H19NO. The third-order valence-corrected chi connectivity index (χ3v) is 2.01. The van der Waals surface area contributed by atoms with E-state index in [0.29, 0.717) is 0 Å². The Labute approximate surface area is 86.4 Å². The monoisotopic (exact) mass is 193 g/mol. The molecule has 0 N–H and O–H groups in total. The van der Waals surface area contributed by atoms with E-state index in [9.17, 15) is 0 Å². The maximum Gasteiger partial charge on any atom is 0.147 e. The predicted octanol–water partition coefficient (Wildman–Crippen LogP) is 2.84. The number of benzene rings is 1. The van der Waals surface area contributed by atoms with Crippen LogP contribution in [-0.4, -0.2) is 19.2 Å². The molecule has 0 aliphatic carbocycles. The van der Waals surface area contributed by atoms with E-state index >= 15 is 0 Å². The van der Waals surface area contributed by atoms with Gasteiger partial charge < -0.3 is 4.84 Å². The zero-order chi connectivity index (χ0) is 10.8. The lowest BCUT2D eigenvalue weighted by atomic mass is 9.87. The van der Waals surface area contributed by atoms with Crippen molar-refractivity contribution in [3.63, 3.8) is 0 Å². The molecule has 0 atom stereocenters. The van der Waals surface area contributed by atoms with Crippen molar-refractivity contribution in [3.05, 3.63) is 29.8 Å². The Balaban J connectivity index is 2.79. The van der Waals surface area contributed by atoms with Crippen LogP contribution in [0.3, 0.4) is 0 Å². The van der Waals surface area contributed by atoms with Crippen LogP contribution >= 0.6 is 0 Å². The molecule has 0 amide bonds. The fraction of sp³-hybridized carbons (Fsp3) is 0.500. The summed E-state index contributed by atoms with van der Waals surface area (Å²) < 4.78 is 0. The first kappa shape index (κ1) is 11.1. The highest BCUT2D eigenvalue weighted by Gasteiger charge is 2.12. The van der Waals surface area contributed by atoms with Gasteiger partial charge in [-0.25, -0.2) is 0 Å². The summed E-state index contributed by atoms with van der Waals surface area (Å²) in [5.74, 6) is 0.878. The molecule has 1 aromatic carbocycles. The largest absolute Gasteiger partial charge is 0.407 e. The van der Waals surface area contributed by atoms with Gasteiger partial charge in [0.15, 0.2) is 0 Å². The van der Waals surface area contributed by atoms with Gasteiger partial charge >= 0.3 is 0 Å². The van der Waals surface area contributed by atoms with E-state index in [1.54, 1.807) is 5.06 Å². The van der Waals surface area contributed by atoms with E-state index in [2.05, 4.69) is 32.9 Å². The van der Waals surface area contributed by atoms with Crippen molar-refractivity contribution in [2.45, 2.75) is 26.2 Å². The summed E-state index contributed by atoms with van der Waals surface area (Å²) in [5.41, 5.74) is 1.53. The van der Waals surface area contributed by atoms with Crippen molar-refractivity contribution >= 4 is 0 Å². The highest BCUT2D eigenvalue weighted by Crippen LogP contribution is 2.24. The summed E-state index contributed by atoms with van der Waals surface area (Å²) >= 11 is 0. The van der Waals surface area contributed by atoms with Gasteiger partial charge in [-0.3, -0.25) is 0 Å². The number of nitrogens with zero attached hydrogens (tertiary/aromatic N) is 1.